The highest BCUT2D eigenvalue weighted by Gasteiger charge is 2.34. The summed E-state index contributed by atoms with van der Waals surface area (Å²) < 4.78 is 13.6. The van der Waals surface area contributed by atoms with E-state index >= 15 is 0 Å². The Kier molecular flexibility index (Phi) is 8.59. The van der Waals surface area contributed by atoms with Crippen LogP contribution in [0.4, 0.5) is 0 Å². The number of thiazole rings is 1. The molecule has 1 aromatic carbocycles. The summed E-state index contributed by atoms with van der Waals surface area (Å²) in [5.41, 5.74) is 1.74. The first-order valence-corrected chi connectivity index (χ1v) is 14.0. The minimum Gasteiger partial charge on any atom is -0.494 e. The van der Waals surface area contributed by atoms with Gasteiger partial charge in [0.25, 0.3) is 5.56 Å². The SMILES string of the molecule is CCCCCOc1ccc(/C=c2/sc3n(c2=O)[C@@H](c2cccs2)C(C(=O)OCC(C)C)=C(C)N=3)cc1. The second-order valence-electron chi connectivity index (χ2n) is 9.21. The van der Waals surface area contributed by atoms with E-state index in [1.807, 2.05) is 68.6 Å². The Hall–Kier alpha value is -2.97. The minimum atomic E-state index is -0.554. The van der Waals surface area contributed by atoms with Crippen LogP contribution >= 0.6 is 22.7 Å². The van der Waals surface area contributed by atoms with E-state index < -0.39 is 12.0 Å². The molecule has 0 unspecified atom stereocenters. The van der Waals surface area contributed by atoms with Crippen LogP contribution in [0.25, 0.3) is 6.08 Å². The van der Waals surface area contributed by atoms with Gasteiger partial charge in [0.2, 0.25) is 0 Å². The number of carbonyl (C=O) groups is 1. The lowest BCUT2D eigenvalue weighted by Gasteiger charge is -2.23. The fourth-order valence-electron chi connectivity index (χ4n) is 3.97. The van der Waals surface area contributed by atoms with Gasteiger partial charge >= 0.3 is 5.97 Å². The van der Waals surface area contributed by atoms with Crippen LogP contribution in [0.15, 0.2) is 62.8 Å². The predicted octanol–water partition coefficient (Wildman–Crippen LogP) is 5.06. The van der Waals surface area contributed by atoms with E-state index in [9.17, 15) is 9.59 Å². The van der Waals surface area contributed by atoms with Crippen LogP contribution < -0.4 is 19.6 Å². The van der Waals surface area contributed by atoms with Crippen LogP contribution in [-0.2, 0) is 9.53 Å². The first kappa shape index (κ1) is 26.1. The van der Waals surface area contributed by atoms with Gasteiger partial charge in [-0.3, -0.25) is 9.36 Å². The molecule has 0 saturated heterocycles. The summed E-state index contributed by atoms with van der Waals surface area (Å²) in [5, 5.41) is 1.95. The standard InChI is InChI=1S/C28H32N2O4S2/c1-5-6-7-14-33-21-12-10-20(11-13-21)16-23-26(31)30-25(22-9-8-15-35-22)24(19(4)29-28(30)36-23)27(32)34-17-18(2)3/h8-13,15-16,18,25H,5-7,14,17H2,1-4H3/b23-16+/t25-/m0/s1. The number of nitrogens with zero attached hydrogens (tertiary/aromatic N) is 2. The van der Waals surface area contributed by atoms with Gasteiger partial charge in [0.1, 0.15) is 11.8 Å². The summed E-state index contributed by atoms with van der Waals surface area (Å²) in [6, 6.07) is 11.1. The van der Waals surface area contributed by atoms with Gasteiger partial charge in [-0.25, -0.2) is 9.79 Å². The summed E-state index contributed by atoms with van der Waals surface area (Å²) in [5.74, 6) is 0.610. The number of thiophene rings is 1. The van der Waals surface area contributed by atoms with Gasteiger partial charge in [0, 0.05) is 4.88 Å². The number of carbonyl (C=O) groups excluding carboxylic acids is 1. The van der Waals surface area contributed by atoms with Crippen molar-refractivity contribution in [3.63, 3.8) is 0 Å². The molecule has 1 atom stereocenters. The van der Waals surface area contributed by atoms with Crippen molar-refractivity contribution in [1.29, 1.82) is 0 Å². The van der Waals surface area contributed by atoms with Crippen molar-refractivity contribution >= 4 is 34.7 Å². The maximum absolute atomic E-state index is 13.6. The van der Waals surface area contributed by atoms with Crippen LogP contribution in [-0.4, -0.2) is 23.8 Å². The average molecular weight is 525 g/mol. The summed E-state index contributed by atoms with van der Waals surface area (Å²) in [4.78, 5) is 32.9. The molecule has 0 bridgehead atoms. The maximum atomic E-state index is 13.6. The molecular weight excluding hydrogens is 492 g/mol. The molecule has 1 aliphatic heterocycles. The topological polar surface area (TPSA) is 69.9 Å². The summed E-state index contributed by atoms with van der Waals surface area (Å²) in [7, 11) is 0. The van der Waals surface area contributed by atoms with Crippen LogP contribution in [0.5, 0.6) is 5.75 Å². The lowest BCUT2D eigenvalue weighted by molar-refractivity contribution is -0.140. The van der Waals surface area contributed by atoms with Gasteiger partial charge in [-0.1, -0.05) is 63.1 Å². The Labute approximate surface area is 219 Å². The van der Waals surface area contributed by atoms with E-state index in [2.05, 4.69) is 11.9 Å². The Morgan fingerprint density at radius 1 is 1.19 bits per heavy atom. The summed E-state index contributed by atoms with van der Waals surface area (Å²) in [6.45, 7) is 8.98. The van der Waals surface area contributed by atoms with Crippen LogP contribution in [0.3, 0.4) is 0 Å². The molecule has 0 fully saturated rings. The second-order valence-corrected chi connectivity index (χ2v) is 11.2. The molecule has 3 heterocycles. The number of aromatic nitrogens is 1. The van der Waals surface area contributed by atoms with Gasteiger partial charge in [0.15, 0.2) is 4.80 Å². The maximum Gasteiger partial charge on any atom is 0.338 e. The third kappa shape index (κ3) is 5.87. The van der Waals surface area contributed by atoms with E-state index in [1.165, 1.54) is 22.7 Å². The molecule has 0 saturated carbocycles. The van der Waals surface area contributed by atoms with Crippen molar-refractivity contribution in [2.45, 2.75) is 53.0 Å². The molecule has 8 heteroatoms. The molecule has 2 aromatic heterocycles. The van der Waals surface area contributed by atoms with E-state index in [0.717, 1.165) is 35.5 Å². The smallest absolute Gasteiger partial charge is 0.338 e. The van der Waals surface area contributed by atoms with Gasteiger partial charge in [0.05, 0.1) is 29.0 Å². The van der Waals surface area contributed by atoms with Gasteiger partial charge in [-0.05, 0) is 54.5 Å². The number of unbranched alkanes of at least 4 members (excludes halogenated alkanes) is 2. The third-order valence-corrected chi connectivity index (χ3v) is 7.70. The largest absolute Gasteiger partial charge is 0.494 e. The third-order valence-electron chi connectivity index (χ3n) is 5.80. The highest BCUT2D eigenvalue weighted by molar-refractivity contribution is 7.10. The molecule has 3 aromatic rings. The second kappa shape index (κ2) is 11.8. The van der Waals surface area contributed by atoms with E-state index in [0.29, 0.717) is 33.8 Å². The van der Waals surface area contributed by atoms with Crippen LogP contribution in [0, 0.1) is 5.92 Å². The fourth-order valence-corrected chi connectivity index (χ4v) is 5.84. The molecule has 190 valence electrons. The van der Waals surface area contributed by atoms with Crippen LogP contribution in [0.2, 0.25) is 0 Å². The number of hydrogen-bond donors (Lipinski definition) is 0. The van der Waals surface area contributed by atoms with Crippen molar-refractivity contribution in [2.75, 3.05) is 13.2 Å². The zero-order valence-corrected chi connectivity index (χ0v) is 22.8. The Bertz CT molecular complexity index is 1400. The molecule has 36 heavy (non-hydrogen) atoms. The van der Waals surface area contributed by atoms with Crippen molar-refractivity contribution < 1.29 is 14.3 Å². The Morgan fingerprint density at radius 2 is 1.97 bits per heavy atom. The molecular formula is C28H32N2O4S2. The summed E-state index contributed by atoms with van der Waals surface area (Å²) >= 11 is 2.84. The zero-order chi connectivity index (χ0) is 25.7. The number of ether oxygens (including phenoxy) is 2. The Morgan fingerprint density at radius 3 is 2.64 bits per heavy atom. The molecule has 4 rings (SSSR count). The minimum absolute atomic E-state index is 0.168. The van der Waals surface area contributed by atoms with Crippen molar-refractivity contribution in [3.8, 4) is 5.75 Å². The highest BCUT2D eigenvalue weighted by atomic mass is 32.1. The average Bonchev–Trinajstić information content (AvgIpc) is 3.49. The quantitative estimate of drug-likeness (QED) is 0.274. The van der Waals surface area contributed by atoms with Gasteiger partial charge in [-0.2, -0.15) is 0 Å². The molecule has 6 nitrogen and oxygen atoms in total. The monoisotopic (exact) mass is 524 g/mol. The van der Waals surface area contributed by atoms with Crippen molar-refractivity contribution in [1.82, 2.24) is 4.57 Å². The number of rotatable bonds is 10. The predicted molar refractivity (Wildman–Crippen MR) is 145 cm³/mol. The molecule has 1 aliphatic rings. The lowest BCUT2D eigenvalue weighted by atomic mass is 10.0. The number of allylic oxidation sites excluding steroid dienone is 1. The normalized spacial score (nSPS) is 15.7. The Balaban J connectivity index is 1.68. The molecule has 0 aliphatic carbocycles. The van der Waals surface area contributed by atoms with Gasteiger partial charge < -0.3 is 9.47 Å². The van der Waals surface area contributed by atoms with Gasteiger partial charge in [-0.15, -0.1) is 11.3 Å². The number of fused-ring (bicyclic) bond motifs is 1. The summed E-state index contributed by atoms with van der Waals surface area (Å²) in [6.07, 6.45) is 5.22. The molecule has 0 spiro atoms. The molecule has 0 radical (unpaired) electrons. The highest BCUT2D eigenvalue weighted by Crippen LogP contribution is 2.33. The molecule has 0 amide bonds. The lowest BCUT2D eigenvalue weighted by Crippen LogP contribution is -2.39. The van der Waals surface area contributed by atoms with Crippen molar-refractivity contribution in [3.05, 3.63) is 83.2 Å². The number of hydrogen-bond acceptors (Lipinski definition) is 7. The molecule has 0 N–H and O–H groups in total. The van der Waals surface area contributed by atoms with Crippen LogP contribution in [0.1, 0.15) is 63.4 Å². The number of benzene rings is 1. The zero-order valence-electron chi connectivity index (χ0n) is 21.2. The first-order chi connectivity index (χ1) is 17.4. The number of esters is 1. The van der Waals surface area contributed by atoms with E-state index in [4.69, 9.17) is 9.47 Å². The van der Waals surface area contributed by atoms with E-state index in [-0.39, 0.29) is 11.5 Å². The van der Waals surface area contributed by atoms with E-state index in [1.54, 1.807) is 4.57 Å². The first-order valence-electron chi connectivity index (χ1n) is 12.3. The fraction of sp³-hybridized carbons (Fsp3) is 0.393. The van der Waals surface area contributed by atoms with Crippen molar-refractivity contribution in [2.24, 2.45) is 10.9 Å².